The lowest BCUT2D eigenvalue weighted by Gasteiger charge is -2.27. The molecule has 1 aromatic carbocycles. The van der Waals surface area contributed by atoms with Gasteiger partial charge in [-0.05, 0) is 56.6 Å². The topological polar surface area (TPSA) is 81.0 Å². The zero-order valence-electron chi connectivity index (χ0n) is 16.8. The Balaban J connectivity index is 1.50. The maximum atomic E-state index is 14.2. The molecular formula is C22H22F3N5O. The molecule has 0 radical (unpaired) electrons. The van der Waals surface area contributed by atoms with Crippen LogP contribution in [0.5, 0.6) is 0 Å². The average Bonchev–Trinajstić information content (AvgIpc) is 3.31. The van der Waals surface area contributed by atoms with Gasteiger partial charge in [0.1, 0.15) is 11.5 Å². The Morgan fingerprint density at radius 3 is 2.74 bits per heavy atom. The minimum absolute atomic E-state index is 0.000786. The second kappa shape index (κ2) is 6.82. The number of hydrogen-bond acceptors (Lipinski definition) is 5. The minimum Gasteiger partial charge on any atom is -0.369 e. The molecule has 2 unspecified atom stereocenters. The van der Waals surface area contributed by atoms with Gasteiger partial charge < -0.3 is 15.5 Å². The zero-order valence-corrected chi connectivity index (χ0v) is 16.8. The molecule has 1 amide bonds. The van der Waals surface area contributed by atoms with Crippen molar-refractivity contribution in [2.24, 2.45) is 10.8 Å². The van der Waals surface area contributed by atoms with Gasteiger partial charge in [-0.3, -0.25) is 9.78 Å². The van der Waals surface area contributed by atoms with Gasteiger partial charge in [-0.2, -0.15) is 18.4 Å². The van der Waals surface area contributed by atoms with E-state index in [2.05, 4.69) is 21.7 Å². The third-order valence-corrected chi connectivity index (χ3v) is 7.18. The van der Waals surface area contributed by atoms with Crippen molar-refractivity contribution in [2.75, 3.05) is 31.1 Å². The number of amides is 1. The Bertz CT molecular complexity index is 1090. The number of fused-ring (bicyclic) bond motifs is 2. The number of pyridine rings is 1. The van der Waals surface area contributed by atoms with Crippen LogP contribution in [0.25, 0.3) is 10.9 Å². The van der Waals surface area contributed by atoms with Gasteiger partial charge in [0.2, 0.25) is 5.91 Å². The van der Waals surface area contributed by atoms with E-state index in [0.29, 0.717) is 22.2 Å². The Labute approximate surface area is 177 Å². The number of nitrogens with one attached hydrogen (secondary N) is 2. The molecule has 2 atom stereocenters. The fourth-order valence-corrected chi connectivity index (χ4v) is 5.41. The molecule has 2 aliphatic heterocycles. The Morgan fingerprint density at radius 2 is 2.03 bits per heavy atom. The number of benzene rings is 1. The third kappa shape index (κ3) is 2.88. The number of anilines is 1. The lowest BCUT2D eigenvalue weighted by Crippen LogP contribution is -2.48. The van der Waals surface area contributed by atoms with Crippen molar-refractivity contribution in [2.45, 2.75) is 31.5 Å². The summed E-state index contributed by atoms with van der Waals surface area (Å²) in [5.41, 5.74) is -2.12. The summed E-state index contributed by atoms with van der Waals surface area (Å²) in [6, 6.07) is 8.68. The van der Waals surface area contributed by atoms with Crippen molar-refractivity contribution in [3.63, 3.8) is 0 Å². The molecule has 3 heterocycles. The first-order valence-corrected chi connectivity index (χ1v) is 10.4. The molecule has 2 N–H and O–H groups in total. The van der Waals surface area contributed by atoms with Gasteiger partial charge in [-0.1, -0.05) is 0 Å². The molecular weight excluding hydrogens is 407 g/mol. The van der Waals surface area contributed by atoms with Crippen LogP contribution in [0.4, 0.5) is 18.9 Å². The van der Waals surface area contributed by atoms with Gasteiger partial charge in [0.25, 0.3) is 0 Å². The summed E-state index contributed by atoms with van der Waals surface area (Å²) in [7, 11) is 0. The van der Waals surface area contributed by atoms with E-state index in [1.54, 1.807) is 35.4 Å². The standard InChI is InChI=1S/C22H22F3N5O/c23-22(24,25)21-11-20(21,19(31)29-15-5-8-27-9-6-15)12-30(13-21)17-4-3-14(10-26)18-16(17)2-1-7-28-18/h1-4,7,15,27H,5-6,8-9,11-13H2,(H,29,31). The van der Waals surface area contributed by atoms with Crippen LogP contribution in [0, 0.1) is 22.2 Å². The van der Waals surface area contributed by atoms with Crippen molar-refractivity contribution in [1.29, 1.82) is 5.26 Å². The second-order valence-corrected chi connectivity index (χ2v) is 8.84. The molecule has 1 aromatic heterocycles. The Kier molecular flexibility index (Phi) is 4.42. The first-order chi connectivity index (χ1) is 14.8. The van der Waals surface area contributed by atoms with Gasteiger partial charge in [0.05, 0.1) is 16.5 Å². The van der Waals surface area contributed by atoms with Crippen LogP contribution in [-0.2, 0) is 4.79 Å². The van der Waals surface area contributed by atoms with Gasteiger partial charge >= 0.3 is 6.18 Å². The molecule has 3 aliphatic rings. The number of aromatic nitrogens is 1. The molecule has 0 bridgehead atoms. The van der Waals surface area contributed by atoms with Crippen molar-refractivity contribution in [1.82, 2.24) is 15.6 Å². The fraction of sp³-hybridized carbons (Fsp3) is 0.500. The van der Waals surface area contributed by atoms with Gasteiger partial charge in [-0.25, -0.2) is 0 Å². The number of carbonyl (C=O) groups is 1. The molecule has 0 spiro atoms. The first kappa shape index (κ1) is 20.1. The lowest BCUT2D eigenvalue weighted by atomic mass is 9.93. The Hall–Kier alpha value is -2.86. The molecule has 1 saturated carbocycles. The highest BCUT2D eigenvalue weighted by Gasteiger charge is 2.86. The predicted molar refractivity (Wildman–Crippen MR) is 108 cm³/mol. The summed E-state index contributed by atoms with van der Waals surface area (Å²) in [5, 5.41) is 16.1. The van der Waals surface area contributed by atoms with Crippen molar-refractivity contribution in [3.05, 3.63) is 36.0 Å². The molecule has 3 fully saturated rings. The highest BCUT2D eigenvalue weighted by molar-refractivity contribution is 5.97. The van der Waals surface area contributed by atoms with Crippen LogP contribution in [-0.4, -0.2) is 49.3 Å². The highest BCUT2D eigenvalue weighted by Crippen LogP contribution is 2.75. The first-order valence-electron chi connectivity index (χ1n) is 10.4. The molecule has 5 rings (SSSR count). The number of alkyl halides is 3. The molecule has 6 nitrogen and oxygen atoms in total. The maximum absolute atomic E-state index is 14.2. The molecule has 2 aromatic rings. The van der Waals surface area contributed by atoms with E-state index in [0.717, 1.165) is 25.9 Å². The van der Waals surface area contributed by atoms with Crippen molar-refractivity contribution in [3.8, 4) is 6.07 Å². The van der Waals surface area contributed by atoms with Crippen molar-refractivity contribution >= 4 is 22.5 Å². The number of rotatable bonds is 3. The van der Waals surface area contributed by atoms with E-state index in [4.69, 9.17) is 0 Å². The summed E-state index contributed by atoms with van der Waals surface area (Å²) in [6.07, 6.45) is -1.66. The maximum Gasteiger partial charge on any atom is 0.397 e. The van der Waals surface area contributed by atoms with Gasteiger partial charge in [0.15, 0.2) is 0 Å². The number of carbonyl (C=O) groups excluding carboxylic acids is 1. The predicted octanol–water partition coefficient (Wildman–Crippen LogP) is 2.73. The smallest absolute Gasteiger partial charge is 0.369 e. The van der Waals surface area contributed by atoms with Crippen molar-refractivity contribution < 1.29 is 18.0 Å². The Morgan fingerprint density at radius 1 is 1.26 bits per heavy atom. The van der Waals surface area contributed by atoms with Gasteiger partial charge in [0, 0.05) is 36.4 Å². The molecule has 162 valence electrons. The van der Waals surface area contributed by atoms with Crippen LogP contribution in [0.1, 0.15) is 24.8 Å². The summed E-state index contributed by atoms with van der Waals surface area (Å²) >= 11 is 0. The number of piperidine rings is 2. The number of hydrogen-bond donors (Lipinski definition) is 2. The van der Waals surface area contributed by atoms with E-state index in [1.165, 1.54) is 0 Å². The number of nitrogens with zero attached hydrogens (tertiary/aromatic N) is 3. The zero-order chi connectivity index (χ0) is 21.9. The van der Waals surface area contributed by atoms with Crippen LogP contribution < -0.4 is 15.5 Å². The lowest BCUT2D eigenvalue weighted by molar-refractivity contribution is -0.191. The second-order valence-electron chi connectivity index (χ2n) is 8.84. The van der Waals surface area contributed by atoms with Gasteiger partial charge in [-0.15, -0.1) is 0 Å². The van der Waals surface area contributed by atoms with E-state index >= 15 is 0 Å². The molecule has 2 saturated heterocycles. The third-order valence-electron chi connectivity index (χ3n) is 7.18. The molecule has 1 aliphatic carbocycles. The van der Waals surface area contributed by atoms with E-state index in [1.807, 2.05) is 0 Å². The summed E-state index contributed by atoms with van der Waals surface area (Å²) < 4.78 is 42.7. The van der Waals surface area contributed by atoms with E-state index < -0.39 is 22.9 Å². The quantitative estimate of drug-likeness (QED) is 0.784. The molecule has 31 heavy (non-hydrogen) atoms. The van der Waals surface area contributed by atoms with Crippen LogP contribution >= 0.6 is 0 Å². The van der Waals surface area contributed by atoms with Crippen LogP contribution in [0.2, 0.25) is 0 Å². The SMILES string of the molecule is N#Cc1ccc(N2CC3(C(=O)NC4CCNCC4)CC3(C(F)(F)F)C2)c2cccnc12. The van der Waals surface area contributed by atoms with E-state index in [9.17, 15) is 23.2 Å². The summed E-state index contributed by atoms with van der Waals surface area (Å²) in [5.74, 6) is -0.490. The largest absolute Gasteiger partial charge is 0.397 e. The summed E-state index contributed by atoms with van der Waals surface area (Å²) in [6.45, 7) is 1.22. The molecule has 9 heteroatoms. The minimum atomic E-state index is -4.48. The highest BCUT2D eigenvalue weighted by atomic mass is 19.4. The fourth-order valence-electron chi connectivity index (χ4n) is 5.41. The van der Waals surface area contributed by atoms with Crippen LogP contribution in [0.3, 0.4) is 0 Å². The van der Waals surface area contributed by atoms with Crippen LogP contribution in [0.15, 0.2) is 30.5 Å². The average molecular weight is 429 g/mol. The number of nitriles is 1. The number of halogens is 3. The summed E-state index contributed by atoms with van der Waals surface area (Å²) in [4.78, 5) is 19.1. The monoisotopic (exact) mass is 429 g/mol. The van der Waals surface area contributed by atoms with E-state index in [-0.39, 0.29) is 25.6 Å². The normalized spacial score (nSPS) is 28.3.